The molecule has 2 aliphatic rings. The van der Waals surface area contributed by atoms with Gasteiger partial charge in [0.2, 0.25) is 5.91 Å². The molecule has 23 heavy (non-hydrogen) atoms. The fourth-order valence-corrected chi connectivity index (χ4v) is 3.73. The zero-order chi connectivity index (χ0) is 16.3. The highest BCUT2D eigenvalue weighted by Crippen LogP contribution is 2.35. The van der Waals surface area contributed by atoms with E-state index >= 15 is 0 Å². The molecule has 2 aliphatic heterocycles. The topological polar surface area (TPSA) is 60.9 Å². The molecule has 128 valence electrons. The van der Waals surface area contributed by atoms with Crippen LogP contribution in [0.2, 0.25) is 0 Å². The van der Waals surface area contributed by atoms with Gasteiger partial charge in [0.25, 0.3) is 0 Å². The summed E-state index contributed by atoms with van der Waals surface area (Å²) in [4.78, 5) is 18.1. The maximum absolute atomic E-state index is 11.9. The van der Waals surface area contributed by atoms with E-state index in [0.717, 1.165) is 23.5 Å². The molecular formula is C16H24N2O4S. The summed E-state index contributed by atoms with van der Waals surface area (Å²) in [5.74, 6) is 0.0436. The predicted molar refractivity (Wildman–Crippen MR) is 86.4 cm³/mol. The second-order valence-corrected chi connectivity index (χ2v) is 7.26. The lowest BCUT2D eigenvalue weighted by atomic mass is 9.84. The van der Waals surface area contributed by atoms with Crippen molar-refractivity contribution >= 4 is 17.2 Å². The number of hydrogen-bond acceptors (Lipinski definition) is 6. The fourth-order valence-electron chi connectivity index (χ4n) is 3.13. The molecule has 1 aromatic rings. The number of aryl methyl sites for hydroxylation is 1. The van der Waals surface area contributed by atoms with Gasteiger partial charge in [0.05, 0.1) is 36.5 Å². The van der Waals surface area contributed by atoms with Gasteiger partial charge in [-0.3, -0.25) is 4.79 Å². The minimum Gasteiger partial charge on any atom is -0.372 e. The van der Waals surface area contributed by atoms with Crippen LogP contribution in [0.1, 0.15) is 30.5 Å². The molecule has 6 nitrogen and oxygen atoms in total. The summed E-state index contributed by atoms with van der Waals surface area (Å²) in [5.41, 5.74) is 0.776. The number of thiazole rings is 1. The van der Waals surface area contributed by atoms with Crippen LogP contribution < -0.4 is 0 Å². The Morgan fingerprint density at radius 1 is 1.57 bits per heavy atom. The van der Waals surface area contributed by atoms with Crippen molar-refractivity contribution in [2.75, 3.05) is 32.9 Å². The molecule has 3 rings (SSSR count). The van der Waals surface area contributed by atoms with Crippen molar-refractivity contribution in [3.8, 4) is 0 Å². The lowest BCUT2D eigenvalue weighted by Gasteiger charge is -2.52. The van der Waals surface area contributed by atoms with Crippen LogP contribution in [0, 0.1) is 6.92 Å². The maximum Gasteiger partial charge on any atom is 0.248 e. The SMILES string of the molecule is CCOCC(=O)N1CC2(C[C@H](OCc3csc(C)n3)CCO2)C1. The average molecular weight is 340 g/mol. The van der Waals surface area contributed by atoms with Crippen LogP contribution in [0.25, 0.3) is 0 Å². The number of nitrogens with zero attached hydrogens (tertiary/aromatic N) is 2. The third-order valence-corrected chi connectivity index (χ3v) is 5.14. The number of hydrogen-bond donors (Lipinski definition) is 0. The standard InChI is InChI=1S/C16H24N2O4S/c1-3-20-8-15(19)18-10-16(11-18)6-14(4-5-22-16)21-7-13-9-23-12(2)17-13/h9,14H,3-8,10-11H2,1-2H3/t14-/m1/s1. The van der Waals surface area contributed by atoms with Gasteiger partial charge in [0, 0.05) is 25.0 Å². The van der Waals surface area contributed by atoms with Crippen molar-refractivity contribution < 1.29 is 19.0 Å². The minimum absolute atomic E-state index is 0.0436. The van der Waals surface area contributed by atoms with Gasteiger partial charge in [-0.2, -0.15) is 0 Å². The van der Waals surface area contributed by atoms with Gasteiger partial charge in [0.15, 0.2) is 0 Å². The van der Waals surface area contributed by atoms with E-state index < -0.39 is 0 Å². The van der Waals surface area contributed by atoms with Crippen molar-refractivity contribution in [3.05, 3.63) is 16.1 Å². The molecule has 0 unspecified atom stereocenters. The van der Waals surface area contributed by atoms with Crippen molar-refractivity contribution in [3.63, 3.8) is 0 Å². The van der Waals surface area contributed by atoms with Crippen LogP contribution in [0.15, 0.2) is 5.38 Å². The van der Waals surface area contributed by atoms with E-state index in [-0.39, 0.29) is 24.2 Å². The van der Waals surface area contributed by atoms with E-state index in [1.807, 2.05) is 24.1 Å². The highest BCUT2D eigenvalue weighted by Gasteiger charge is 2.49. The molecule has 3 heterocycles. The first-order chi connectivity index (χ1) is 11.1. The van der Waals surface area contributed by atoms with Crippen LogP contribution in [-0.4, -0.2) is 60.4 Å². The summed E-state index contributed by atoms with van der Waals surface area (Å²) in [5, 5.41) is 3.11. The Morgan fingerprint density at radius 2 is 2.39 bits per heavy atom. The van der Waals surface area contributed by atoms with Crippen LogP contribution in [0.3, 0.4) is 0 Å². The fraction of sp³-hybridized carbons (Fsp3) is 0.750. The number of carbonyl (C=O) groups excluding carboxylic acids is 1. The molecule has 0 aromatic carbocycles. The molecule has 7 heteroatoms. The number of ether oxygens (including phenoxy) is 3. The van der Waals surface area contributed by atoms with Gasteiger partial charge in [-0.1, -0.05) is 0 Å². The summed E-state index contributed by atoms with van der Waals surface area (Å²) in [6, 6.07) is 0. The first-order valence-corrected chi connectivity index (χ1v) is 9.00. The second kappa shape index (κ2) is 7.25. The maximum atomic E-state index is 11.9. The molecule has 2 fully saturated rings. The van der Waals surface area contributed by atoms with Gasteiger partial charge in [-0.25, -0.2) is 4.98 Å². The summed E-state index contributed by atoms with van der Waals surface area (Å²) in [6.45, 7) is 7.15. The highest BCUT2D eigenvalue weighted by atomic mass is 32.1. The van der Waals surface area contributed by atoms with Gasteiger partial charge in [-0.15, -0.1) is 11.3 Å². The van der Waals surface area contributed by atoms with Crippen LogP contribution >= 0.6 is 11.3 Å². The first kappa shape index (κ1) is 16.8. The lowest BCUT2D eigenvalue weighted by Crippen LogP contribution is -2.67. The monoisotopic (exact) mass is 340 g/mol. The van der Waals surface area contributed by atoms with Crippen LogP contribution in [0.4, 0.5) is 0 Å². The normalized spacial score (nSPS) is 23.0. The highest BCUT2D eigenvalue weighted by molar-refractivity contribution is 7.09. The largest absolute Gasteiger partial charge is 0.372 e. The van der Waals surface area contributed by atoms with Crippen LogP contribution in [0.5, 0.6) is 0 Å². The molecule has 1 aromatic heterocycles. The van der Waals surface area contributed by atoms with E-state index in [4.69, 9.17) is 14.2 Å². The van der Waals surface area contributed by atoms with E-state index in [9.17, 15) is 4.79 Å². The van der Waals surface area contributed by atoms with Gasteiger partial charge >= 0.3 is 0 Å². The van der Waals surface area contributed by atoms with Crippen LogP contribution in [-0.2, 0) is 25.6 Å². The summed E-state index contributed by atoms with van der Waals surface area (Å²) < 4.78 is 17.1. The zero-order valence-corrected chi connectivity index (χ0v) is 14.6. The summed E-state index contributed by atoms with van der Waals surface area (Å²) in [6.07, 6.45) is 1.92. The van der Waals surface area contributed by atoms with Gasteiger partial charge < -0.3 is 19.1 Å². The quantitative estimate of drug-likeness (QED) is 0.790. The van der Waals surface area contributed by atoms with E-state index in [0.29, 0.717) is 32.9 Å². The molecule has 2 saturated heterocycles. The molecule has 0 saturated carbocycles. The van der Waals surface area contributed by atoms with E-state index in [2.05, 4.69) is 4.98 Å². The predicted octanol–water partition coefficient (Wildman–Crippen LogP) is 1.76. The Bertz CT molecular complexity index is 542. The number of aromatic nitrogens is 1. The van der Waals surface area contributed by atoms with E-state index in [1.54, 1.807) is 11.3 Å². The number of rotatable bonds is 6. The zero-order valence-electron chi connectivity index (χ0n) is 13.7. The third kappa shape index (κ3) is 4.09. The number of amides is 1. The summed E-state index contributed by atoms with van der Waals surface area (Å²) >= 11 is 1.64. The number of likely N-dealkylation sites (tertiary alicyclic amines) is 1. The third-order valence-electron chi connectivity index (χ3n) is 4.32. The van der Waals surface area contributed by atoms with Crippen molar-refractivity contribution in [1.82, 2.24) is 9.88 Å². The molecule has 0 aliphatic carbocycles. The van der Waals surface area contributed by atoms with Gasteiger partial charge in [0.1, 0.15) is 12.2 Å². The molecule has 0 N–H and O–H groups in total. The van der Waals surface area contributed by atoms with E-state index in [1.165, 1.54) is 0 Å². The summed E-state index contributed by atoms with van der Waals surface area (Å²) in [7, 11) is 0. The molecule has 1 atom stereocenters. The van der Waals surface area contributed by atoms with Gasteiger partial charge in [-0.05, 0) is 20.3 Å². The Hall–Kier alpha value is -1.02. The molecule has 1 spiro atoms. The first-order valence-electron chi connectivity index (χ1n) is 8.12. The smallest absolute Gasteiger partial charge is 0.248 e. The Kier molecular flexibility index (Phi) is 5.31. The van der Waals surface area contributed by atoms with Crippen molar-refractivity contribution in [1.29, 1.82) is 0 Å². The second-order valence-electron chi connectivity index (χ2n) is 6.20. The lowest BCUT2D eigenvalue weighted by molar-refractivity contribution is -0.204. The molecular weight excluding hydrogens is 316 g/mol. The molecule has 0 radical (unpaired) electrons. The average Bonchev–Trinajstić information content (AvgIpc) is 2.94. The Morgan fingerprint density at radius 3 is 3.09 bits per heavy atom. The Balaban J connectivity index is 1.45. The van der Waals surface area contributed by atoms with Crippen molar-refractivity contribution in [2.45, 2.75) is 45.0 Å². The molecule has 0 bridgehead atoms. The molecule has 1 amide bonds. The van der Waals surface area contributed by atoms with Crippen molar-refractivity contribution in [2.24, 2.45) is 0 Å². The minimum atomic E-state index is -0.219. The Labute approximate surface area is 140 Å². The number of carbonyl (C=O) groups is 1.